The second-order valence-electron chi connectivity index (χ2n) is 7.46. The summed E-state index contributed by atoms with van der Waals surface area (Å²) < 4.78 is 5.40. The Kier molecular flexibility index (Phi) is 6.19. The Hall–Kier alpha value is -3.23. The van der Waals surface area contributed by atoms with Crippen LogP contribution in [-0.2, 0) is 32.1 Å². The quantitative estimate of drug-likeness (QED) is 0.307. The van der Waals surface area contributed by atoms with Crippen LogP contribution in [0.25, 0.3) is 11.1 Å². The number of carbonyl (C=O) groups is 3. The molecule has 1 unspecified atom stereocenters. The Morgan fingerprint density at radius 1 is 1.03 bits per heavy atom. The standard InChI is InChI=1S/C22H24N2O6/c23-22(24,21(28)29)18(9-4-10-19(25)26)20(27)30-12-14-6-3-8-16-15-7-2-1-5-13(15)11-17(14)16/h1-3,5-8,18H,4,9-12,23-24H2,(H,25,26)(H,28,29). The summed E-state index contributed by atoms with van der Waals surface area (Å²) in [6, 6.07) is 13.8. The lowest BCUT2D eigenvalue weighted by Gasteiger charge is -2.28. The molecule has 0 aliphatic heterocycles. The topological polar surface area (TPSA) is 153 Å². The molecule has 0 saturated carbocycles. The summed E-state index contributed by atoms with van der Waals surface area (Å²) in [7, 11) is 0. The third-order valence-electron chi connectivity index (χ3n) is 5.43. The predicted octanol–water partition coefficient (Wildman–Crippen LogP) is 1.87. The van der Waals surface area contributed by atoms with Gasteiger partial charge in [-0.05, 0) is 47.1 Å². The summed E-state index contributed by atoms with van der Waals surface area (Å²) >= 11 is 0. The molecule has 3 rings (SSSR count). The molecule has 0 fully saturated rings. The van der Waals surface area contributed by atoms with Gasteiger partial charge in [0.15, 0.2) is 5.66 Å². The van der Waals surface area contributed by atoms with E-state index in [9.17, 15) is 19.5 Å². The molecule has 1 aliphatic rings. The number of hydrogen-bond acceptors (Lipinski definition) is 6. The van der Waals surface area contributed by atoms with Crippen LogP contribution in [0.4, 0.5) is 0 Å². The number of carbonyl (C=O) groups excluding carboxylic acids is 1. The molecule has 0 bridgehead atoms. The summed E-state index contributed by atoms with van der Waals surface area (Å²) in [6.07, 6.45) is 0.426. The van der Waals surface area contributed by atoms with Crippen molar-refractivity contribution in [3.63, 3.8) is 0 Å². The van der Waals surface area contributed by atoms with Gasteiger partial charge >= 0.3 is 17.9 Å². The van der Waals surface area contributed by atoms with Crippen molar-refractivity contribution in [1.82, 2.24) is 0 Å². The van der Waals surface area contributed by atoms with E-state index < -0.39 is 29.5 Å². The molecule has 0 radical (unpaired) electrons. The average molecular weight is 412 g/mol. The van der Waals surface area contributed by atoms with Crippen molar-refractivity contribution in [3.8, 4) is 11.1 Å². The first-order chi connectivity index (χ1) is 14.2. The van der Waals surface area contributed by atoms with E-state index in [2.05, 4.69) is 0 Å². The van der Waals surface area contributed by atoms with Gasteiger partial charge in [-0.1, -0.05) is 42.5 Å². The molecular weight excluding hydrogens is 388 g/mol. The molecule has 1 aliphatic carbocycles. The predicted molar refractivity (Wildman–Crippen MR) is 108 cm³/mol. The fourth-order valence-electron chi connectivity index (χ4n) is 3.77. The van der Waals surface area contributed by atoms with E-state index in [1.807, 2.05) is 42.5 Å². The summed E-state index contributed by atoms with van der Waals surface area (Å²) in [5.41, 5.74) is 14.3. The molecule has 6 N–H and O–H groups in total. The molecular formula is C22H24N2O6. The average Bonchev–Trinajstić information content (AvgIpc) is 3.08. The molecule has 1 atom stereocenters. The highest BCUT2D eigenvalue weighted by molar-refractivity contribution is 5.87. The van der Waals surface area contributed by atoms with Gasteiger partial charge < -0.3 is 26.4 Å². The second-order valence-corrected chi connectivity index (χ2v) is 7.46. The number of fused-ring (bicyclic) bond motifs is 3. The van der Waals surface area contributed by atoms with Crippen molar-refractivity contribution in [1.29, 1.82) is 0 Å². The van der Waals surface area contributed by atoms with Gasteiger partial charge in [0, 0.05) is 6.42 Å². The number of esters is 1. The summed E-state index contributed by atoms with van der Waals surface area (Å²) in [5, 5.41) is 18.1. The van der Waals surface area contributed by atoms with Gasteiger partial charge in [-0.15, -0.1) is 0 Å². The van der Waals surface area contributed by atoms with E-state index in [1.165, 1.54) is 5.56 Å². The van der Waals surface area contributed by atoms with Crippen LogP contribution in [0.2, 0.25) is 0 Å². The minimum Gasteiger partial charge on any atom is -0.481 e. The van der Waals surface area contributed by atoms with Crippen LogP contribution in [0.1, 0.15) is 36.0 Å². The van der Waals surface area contributed by atoms with E-state index >= 15 is 0 Å². The highest BCUT2D eigenvalue weighted by Gasteiger charge is 2.44. The number of aliphatic carboxylic acids is 2. The lowest BCUT2D eigenvalue weighted by atomic mass is 9.89. The van der Waals surface area contributed by atoms with Crippen LogP contribution < -0.4 is 11.5 Å². The van der Waals surface area contributed by atoms with E-state index in [1.54, 1.807) is 0 Å². The van der Waals surface area contributed by atoms with Gasteiger partial charge in [-0.2, -0.15) is 0 Å². The van der Waals surface area contributed by atoms with Gasteiger partial charge in [0.1, 0.15) is 6.61 Å². The molecule has 8 nitrogen and oxygen atoms in total. The lowest BCUT2D eigenvalue weighted by Crippen LogP contribution is -2.64. The van der Waals surface area contributed by atoms with Gasteiger partial charge in [0.05, 0.1) is 5.92 Å². The van der Waals surface area contributed by atoms with Crippen LogP contribution in [0, 0.1) is 5.92 Å². The number of hydrogen-bond donors (Lipinski definition) is 4. The third kappa shape index (κ3) is 4.34. The summed E-state index contributed by atoms with van der Waals surface area (Å²) in [5.74, 6) is -4.85. The Labute approximate surface area is 173 Å². The first-order valence-corrected chi connectivity index (χ1v) is 9.60. The highest BCUT2D eigenvalue weighted by atomic mass is 16.5. The van der Waals surface area contributed by atoms with Gasteiger partial charge in [-0.3, -0.25) is 9.59 Å². The van der Waals surface area contributed by atoms with Crippen molar-refractivity contribution in [2.45, 2.75) is 38.0 Å². The summed E-state index contributed by atoms with van der Waals surface area (Å²) in [4.78, 5) is 34.9. The Morgan fingerprint density at radius 2 is 1.73 bits per heavy atom. The fraction of sp³-hybridized carbons (Fsp3) is 0.318. The Morgan fingerprint density at radius 3 is 2.43 bits per heavy atom. The van der Waals surface area contributed by atoms with E-state index in [0.717, 1.165) is 22.3 Å². The number of nitrogens with two attached hydrogens (primary N) is 2. The molecule has 2 aromatic rings. The molecule has 2 aromatic carbocycles. The van der Waals surface area contributed by atoms with E-state index in [4.69, 9.17) is 21.3 Å². The minimum absolute atomic E-state index is 0.0502. The number of rotatable bonds is 9. The van der Waals surface area contributed by atoms with Crippen LogP contribution in [0.3, 0.4) is 0 Å². The van der Waals surface area contributed by atoms with Crippen LogP contribution in [0.15, 0.2) is 42.5 Å². The molecule has 0 saturated heterocycles. The molecule has 158 valence electrons. The SMILES string of the molecule is NC(N)(C(=O)O)C(CCCC(=O)O)C(=O)OCc1cccc2c1Cc1ccccc1-2. The molecule has 0 heterocycles. The zero-order valence-electron chi connectivity index (χ0n) is 16.3. The van der Waals surface area contributed by atoms with Crippen LogP contribution >= 0.6 is 0 Å². The summed E-state index contributed by atoms with van der Waals surface area (Å²) in [6.45, 7) is -0.0544. The number of benzene rings is 2. The third-order valence-corrected chi connectivity index (χ3v) is 5.43. The van der Waals surface area contributed by atoms with E-state index in [0.29, 0.717) is 6.42 Å². The maximum absolute atomic E-state index is 12.7. The van der Waals surface area contributed by atoms with E-state index in [-0.39, 0.29) is 25.9 Å². The highest BCUT2D eigenvalue weighted by Crippen LogP contribution is 2.38. The molecule has 8 heteroatoms. The van der Waals surface area contributed by atoms with Crippen LogP contribution in [-0.4, -0.2) is 33.8 Å². The van der Waals surface area contributed by atoms with Crippen molar-refractivity contribution in [2.75, 3.05) is 0 Å². The smallest absolute Gasteiger partial charge is 0.339 e. The zero-order valence-corrected chi connectivity index (χ0v) is 16.3. The van der Waals surface area contributed by atoms with Crippen molar-refractivity contribution < 1.29 is 29.3 Å². The maximum Gasteiger partial charge on any atom is 0.339 e. The normalized spacial score (nSPS) is 13.3. The van der Waals surface area contributed by atoms with Gasteiger partial charge in [-0.25, -0.2) is 4.79 Å². The lowest BCUT2D eigenvalue weighted by molar-refractivity contribution is -0.160. The Balaban J connectivity index is 1.74. The molecule has 30 heavy (non-hydrogen) atoms. The first-order valence-electron chi connectivity index (χ1n) is 9.60. The monoisotopic (exact) mass is 412 g/mol. The zero-order chi connectivity index (χ0) is 21.9. The maximum atomic E-state index is 12.7. The largest absolute Gasteiger partial charge is 0.481 e. The fourth-order valence-corrected chi connectivity index (χ4v) is 3.77. The van der Waals surface area contributed by atoms with Crippen molar-refractivity contribution in [2.24, 2.45) is 17.4 Å². The number of ether oxygens (including phenoxy) is 1. The van der Waals surface area contributed by atoms with Crippen LogP contribution in [0.5, 0.6) is 0 Å². The molecule has 0 amide bonds. The number of carboxylic acid groups (broad SMARTS) is 2. The molecule has 0 aromatic heterocycles. The second kappa shape index (κ2) is 8.64. The van der Waals surface area contributed by atoms with Gasteiger partial charge in [0.2, 0.25) is 0 Å². The number of carboxylic acids is 2. The first kappa shape index (κ1) is 21.5. The minimum atomic E-state index is -2.36. The van der Waals surface area contributed by atoms with Gasteiger partial charge in [0.25, 0.3) is 0 Å². The van der Waals surface area contributed by atoms with Crippen molar-refractivity contribution >= 4 is 17.9 Å². The Bertz CT molecular complexity index is 985. The van der Waals surface area contributed by atoms with Crippen molar-refractivity contribution in [3.05, 3.63) is 59.2 Å². The molecule has 0 spiro atoms.